The minimum absolute atomic E-state index is 0.381. The lowest BCUT2D eigenvalue weighted by molar-refractivity contribution is -0.146. The molecule has 6 nitrogen and oxygen atoms in total. The summed E-state index contributed by atoms with van der Waals surface area (Å²) in [4.78, 5) is 26.5. The Labute approximate surface area is 96.1 Å². The standard InChI is InChI=1S/C10H21N3O3/c1-4-8(2)12-6-5-7-16-13-10(15)9(14)11-3/h8,12H,4-7H2,1-3H3,(H,11,14)(H,13,15). The molecule has 0 fully saturated rings. The van der Waals surface area contributed by atoms with E-state index in [2.05, 4.69) is 30.0 Å². The van der Waals surface area contributed by atoms with E-state index < -0.39 is 11.8 Å². The molecule has 6 heteroatoms. The van der Waals surface area contributed by atoms with Gasteiger partial charge in [0.05, 0.1) is 6.61 Å². The van der Waals surface area contributed by atoms with Crippen LogP contribution >= 0.6 is 0 Å². The van der Waals surface area contributed by atoms with Gasteiger partial charge >= 0.3 is 11.8 Å². The lowest BCUT2D eigenvalue weighted by Gasteiger charge is -2.10. The van der Waals surface area contributed by atoms with Gasteiger partial charge in [-0.05, 0) is 26.3 Å². The molecule has 94 valence electrons. The molecule has 0 saturated carbocycles. The summed E-state index contributed by atoms with van der Waals surface area (Å²) in [6, 6.07) is 0.487. The first-order valence-corrected chi connectivity index (χ1v) is 5.49. The van der Waals surface area contributed by atoms with Gasteiger partial charge in [-0.2, -0.15) is 0 Å². The topological polar surface area (TPSA) is 79.5 Å². The van der Waals surface area contributed by atoms with Crippen molar-refractivity contribution in [3.8, 4) is 0 Å². The lowest BCUT2D eigenvalue weighted by Crippen LogP contribution is -2.38. The van der Waals surface area contributed by atoms with Crippen molar-refractivity contribution in [2.75, 3.05) is 20.2 Å². The van der Waals surface area contributed by atoms with Gasteiger partial charge in [0.15, 0.2) is 0 Å². The summed E-state index contributed by atoms with van der Waals surface area (Å²) in [6.45, 7) is 5.42. The quantitative estimate of drug-likeness (QED) is 0.315. The van der Waals surface area contributed by atoms with Gasteiger partial charge < -0.3 is 10.6 Å². The number of hydroxylamine groups is 1. The second-order valence-electron chi connectivity index (χ2n) is 3.48. The Balaban J connectivity index is 3.34. The smallest absolute Gasteiger partial charge is 0.332 e. The molecule has 1 unspecified atom stereocenters. The second kappa shape index (κ2) is 9.11. The highest BCUT2D eigenvalue weighted by Crippen LogP contribution is 1.87. The van der Waals surface area contributed by atoms with Crippen molar-refractivity contribution in [3.63, 3.8) is 0 Å². The van der Waals surface area contributed by atoms with Crippen LogP contribution in [-0.4, -0.2) is 38.1 Å². The molecule has 0 bridgehead atoms. The number of nitrogens with one attached hydrogen (secondary N) is 3. The van der Waals surface area contributed by atoms with Crippen molar-refractivity contribution in [1.29, 1.82) is 0 Å². The first kappa shape index (κ1) is 14.9. The zero-order chi connectivity index (χ0) is 12.4. The van der Waals surface area contributed by atoms with Crippen LogP contribution in [-0.2, 0) is 14.4 Å². The summed E-state index contributed by atoms with van der Waals surface area (Å²) >= 11 is 0. The van der Waals surface area contributed by atoms with Gasteiger partial charge in [0.1, 0.15) is 0 Å². The molecule has 0 aliphatic heterocycles. The fourth-order valence-electron chi connectivity index (χ4n) is 0.914. The number of likely N-dealkylation sites (N-methyl/N-ethyl adjacent to an activating group) is 1. The molecule has 1 atom stereocenters. The minimum atomic E-state index is -0.780. The van der Waals surface area contributed by atoms with Gasteiger partial charge in [-0.1, -0.05) is 6.92 Å². The molecule has 0 heterocycles. The maximum absolute atomic E-state index is 10.9. The Morgan fingerprint density at radius 1 is 1.31 bits per heavy atom. The highest BCUT2D eigenvalue weighted by Gasteiger charge is 2.09. The average molecular weight is 231 g/mol. The third-order valence-electron chi connectivity index (χ3n) is 2.13. The van der Waals surface area contributed by atoms with Crippen LogP contribution in [0.15, 0.2) is 0 Å². The zero-order valence-electron chi connectivity index (χ0n) is 10.1. The maximum Gasteiger partial charge on any atom is 0.332 e. The number of hydrogen-bond donors (Lipinski definition) is 3. The van der Waals surface area contributed by atoms with Crippen LogP contribution in [0.2, 0.25) is 0 Å². The van der Waals surface area contributed by atoms with E-state index in [1.807, 2.05) is 0 Å². The third kappa shape index (κ3) is 7.19. The van der Waals surface area contributed by atoms with Crippen LogP contribution in [0.5, 0.6) is 0 Å². The van der Waals surface area contributed by atoms with E-state index in [4.69, 9.17) is 4.84 Å². The van der Waals surface area contributed by atoms with E-state index in [0.717, 1.165) is 19.4 Å². The van der Waals surface area contributed by atoms with Crippen LogP contribution < -0.4 is 16.1 Å². The Morgan fingerprint density at radius 2 is 2.00 bits per heavy atom. The summed E-state index contributed by atoms with van der Waals surface area (Å²) in [7, 11) is 1.39. The van der Waals surface area contributed by atoms with Crippen molar-refractivity contribution in [3.05, 3.63) is 0 Å². The molecule has 0 aromatic rings. The van der Waals surface area contributed by atoms with E-state index in [9.17, 15) is 9.59 Å². The van der Waals surface area contributed by atoms with Gasteiger partial charge in [-0.15, -0.1) is 0 Å². The Bertz CT molecular complexity index is 221. The summed E-state index contributed by atoms with van der Waals surface area (Å²) < 4.78 is 0. The van der Waals surface area contributed by atoms with Gasteiger partial charge in [0, 0.05) is 13.1 Å². The first-order chi connectivity index (χ1) is 7.61. The molecule has 0 aliphatic rings. The largest absolute Gasteiger partial charge is 0.351 e. The van der Waals surface area contributed by atoms with Crippen molar-refractivity contribution in [2.24, 2.45) is 0 Å². The number of rotatable bonds is 7. The number of carbonyl (C=O) groups is 2. The van der Waals surface area contributed by atoms with Gasteiger partial charge in [0.25, 0.3) is 0 Å². The van der Waals surface area contributed by atoms with Crippen LogP contribution in [0.1, 0.15) is 26.7 Å². The first-order valence-electron chi connectivity index (χ1n) is 5.49. The van der Waals surface area contributed by atoms with E-state index in [-0.39, 0.29) is 0 Å². The Morgan fingerprint density at radius 3 is 2.56 bits per heavy atom. The molecular weight excluding hydrogens is 210 g/mol. The molecule has 0 aromatic heterocycles. The minimum Gasteiger partial charge on any atom is -0.351 e. The molecule has 2 amide bonds. The van der Waals surface area contributed by atoms with E-state index in [1.54, 1.807) is 0 Å². The molecule has 16 heavy (non-hydrogen) atoms. The normalized spacial score (nSPS) is 11.9. The van der Waals surface area contributed by atoms with Gasteiger partial charge in [-0.3, -0.25) is 14.4 Å². The third-order valence-corrected chi connectivity index (χ3v) is 2.13. The Kier molecular flexibility index (Phi) is 8.46. The highest BCUT2D eigenvalue weighted by atomic mass is 16.7. The molecule has 0 aliphatic carbocycles. The van der Waals surface area contributed by atoms with Crippen LogP contribution in [0, 0.1) is 0 Å². The molecule has 0 saturated heterocycles. The SMILES string of the molecule is CCC(C)NCCCONC(=O)C(=O)NC. The summed E-state index contributed by atoms with van der Waals surface area (Å²) in [5.74, 6) is -1.49. The molecule has 0 spiro atoms. The van der Waals surface area contributed by atoms with E-state index in [0.29, 0.717) is 12.6 Å². The van der Waals surface area contributed by atoms with Gasteiger partial charge in [0.2, 0.25) is 0 Å². The summed E-state index contributed by atoms with van der Waals surface area (Å²) in [5.41, 5.74) is 2.06. The van der Waals surface area contributed by atoms with Crippen LogP contribution in [0.25, 0.3) is 0 Å². The molecular formula is C10H21N3O3. The maximum atomic E-state index is 10.9. The highest BCUT2D eigenvalue weighted by molar-refractivity contribution is 6.34. The summed E-state index contributed by atoms with van der Waals surface area (Å²) in [6.07, 6.45) is 1.85. The van der Waals surface area contributed by atoms with E-state index in [1.165, 1.54) is 7.05 Å². The van der Waals surface area contributed by atoms with Crippen molar-refractivity contribution in [2.45, 2.75) is 32.7 Å². The lowest BCUT2D eigenvalue weighted by atomic mass is 10.2. The molecule has 0 rings (SSSR count). The monoisotopic (exact) mass is 231 g/mol. The predicted molar refractivity (Wildman–Crippen MR) is 60.5 cm³/mol. The summed E-state index contributed by atoms with van der Waals surface area (Å²) in [5, 5.41) is 5.48. The molecule has 0 aromatic carbocycles. The van der Waals surface area contributed by atoms with E-state index >= 15 is 0 Å². The fraction of sp³-hybridized carbons (Fsp3) is 0.800. The zero-order valence-corrected chi connectivity index (χ0v) is 10.1. The number of amides is 2. The number of hydrogen-bond acceptors (Lipinski definition) is 4. The van der Waals surface area contributed by atoms with Crippen LogP contribution in [0.3, 0.4) is 0 Å². The molecule has 3 N–H and O–H groups in total. The van der Waals surface area contributed by atoms with Crippen molar-refractivity contribution in [1.82, 2.24) is 16.1 Å². The van der Waals surface area contributed by atoms with Crippen LogP contribution in [0.4, 0.5) is 0 Å². The van der Waals surface area contributed by atoms with Crippen molar-refractivity contribution >= 4 is 11.8 Å². The number of carbonyl (C=O) groups excluding carboxylic acids is 2. The second-order valence-corrected chi connectivity index (χ2v) is 3.48. The fourth-order valence-corrected chi connectivity index (χ4v) is 0.914. The predicted octanol–water partition coefficient (Wildman–Crippen LogP) is -0.442. The van der Waals surface area contributed by atoms with Crippen molar-refractivity contribution < 1.29 is 14.4 Å². The average Bonchev–Trinajstić information content (AvgIpc) is 2.31. The Hall–Kier alpha value is -1.14. The molecule has 0 radical (unpaired) electrons. The van der Waals surface area contributed by atoms with Gasteiger partial charge in [-0.25, -0.2) is 5.48 Å².